The molecule has 0 aliphatic carbocycles. The van der Waals surface area contributed by atoms with Gasteiger partial charge in [-0.3, -0.25) is 0 Å². The van der Waals surface area contributed by atoms with Crippen molar-refractivity contribution in [1.29, 1.82) is 0 Å². The van der Waals surface area contributed by atoms with Gasteiger partial charge < -0.3 is 20.8 Å². The molecule has 7 nitrogen and oxygen atoms in total. The molecule has 9 heteroatoms. The molecule has 0 aromatic carbocycles. The standard InChI is InChI=1S/C15H26FN6OP/c1-9(2)24(10(3)4)8-23-11(5-16)6-22-7-19-12-13(17)20-15(18)21-14(12)22/h7,9-11H,5-6,8H2,1-4H3,(H4,17,18,20,21). The fourth-order valence-corrected chi connectivity index (χ4v) is 4.74. The van der Waals surface area contributed by atoms with Gasteiger partial charge in [0.1, 0.15) is 18.3 Å². The van der Waals surface area contributed by atoms with Gasteiger partial charge in [0.15, 0.2) is 11.5 Å². The molecule has 2 rings (SSSR count). The molecule has 0 saturated heterocycles. The SMILES string of the molecule is CC(C)P(COC(CF)Cn1cnc2c(N)nc(N)nc21)C(C)C. The van der Waals surface area contributed by atoms with Gasteiger partial charge >= 0.3 is 0 Å². The number of alkyl halides is 1. The third-order valence-electron chi connectivity index (χ3n) is 3.87. The summed E-state index contributed by atoms with van der Waals surface area (Å²) in [5.74, 6) is 0.291. The summed E-state index contributed by atoms with van der Waals surface area (Å²) < 4.78 is 21.0. The van der Waals surface area contributed by atoms with Gasteiger partial charge in [0.25, 0.3) is 0 Å². The lowest BCUT2D eigenvalue weighted by molar-refractivity contribution is 0.0537. The third-order valence-corrected chi connectivity index (χ3v) is 6.97. The van der Waals surface area contributed by atoms with Gasteiger partial charge in [-0.2, -0.15) is 9.97 Å². The third kappa shape index (κ3) is 4.30. The molecule has 134 valence electrons. The van der Waals surface area contributed by atoms with Crippen molar-refractivity contribution in [2.75, 3.05) is 24.5 Å². The van der Waals surface area contributed by atoms with Gasteiger partial charge in [0.05, 0.1) is 19.2 Å². The summed E-state index contributed by atoms with van der Waals surface area (Å²) in [7, 11) is -0.304. The van der Waals surface area contributed by atoms with E-state index in [4.69, 9.17) is 16.2 Å². The molecule has 1 unspecified atom stereocenters. The van der Waals surface area contributed by atoms with Crippen LogP contribution in [0, 0.1) is 0 Å². The van der Waals surface area contributed by atoms with Crippen LogP contribution in [-0.4, -0.2) is 50.0 Å². The Morgan fingerprint density at radius 2 is 1.88 bits per heavy atom. The quantitative estimate of drug-likeness (QED) is 0.705. The number of fused-ring (bicyclic) bond motifs is 1. The van der Waals surface area contributed by atoms with E-state index in [-0.39, 0.29) is 19.7 Å². The van der Waals surface area contributed by atoms with E-state index in [1.807, 2.05) is 0 Å². The highest BCUT2D eigenvalue weighted by Gasteiger charge is 2.20. The minimum Gasteiger partial charge on any atom is -0.382 e. The van der Waals surface area contributed by atoms with Crippen LogP contribution < -0.4 is 11.5 Å². The summed E-state index contributed by atoms with van der Waals surface area (Å²) in [6.45, 7) is 8.48. The number of nitrogens with two attached hydrogens (primary N) is 2. The second kappa shape index (κ2) is 8.03. The summed E-state index contributed by atoms with van der Waals surface area (Å²) in [5.41, 5.74) is 13.5. The molecule has 2 aromatic rings. The van der Waals surface area contributed by atoms with Crippen LogP contribution in [0.1, 0.15) is 27.7 Å². The average molecular weight is 356 g/mol. The molecule has 0 saturated carbocycles. The predicted molar refractivity (Wildman–Crippen MR) is 97.1 cm³/mol. The number of nitrogen functional groups attached to an aromatic ring is 2. The van der Waals surface area contributed by atoms with Crippen molar-refractivity contribution in [1.82, 2.24) is 19.5 Å². The van der Waals surface area contributed by atoms with E-state index >= 15 is 0 Å². The fourth-order valence-electron chi connectivity index (χ4n) is 2.57. The van der Waals surface area contributed by atoms with Crippen molar-refractivity contribution in [3.8, 4) is 0 Å². The summed E-state index contributed by atoms with van der Waals surface area (Å²) in [6.07, 6.45) is 1.60. The number of anilines is 2. The van der Waals surface area contributed by atoms with Gasteiger partial charge in [-0.05, 0) is 11.3 Å². The summed E-state index contributed by atoms with van der Waals surface area (Å²) in [6, 6.07) is 0. The molecule has 0 radical (unpaired) electrons. The summed E-state index contributed by atoms with van der Waals surface area (Å²) in [4.78, 5) is 12.2. The van der Waals surface area contributed by atoms with Crippen molar-refractivity contribution in [3.63, 3.8) is 0 Å². The van der Waals surface area contributed by atoms with E-state index in [1.165, 1.54) is 0 Å². The highest BCUT2D eigenvalue weighted by atomic mass is 31.1. The minimum atomic E-state index is -0.574. The molecule has 0 bridgehead atoms. The lowest BCUT2D eigenvalue weighted by atomic mass is 10.4. The Bertz CT molecular complexity index is 669. The largest absolute Gasteiger partial charge is 0.382 e. The smallest absolute Gasteiger partial charge is 0.224 e. The predicted octanol–water partition coefficient (Wildman–Crippen LogP) is 2.60. The monoisotopic (exact) mass is 356 g/mol. The zero-order valence-electron chi connectivity index (χ0n) is 14.6. The molecule has 0 aliphatic heterocycles. The van der Waals surface area contributed by atoms with Crippen LogP contribution in [0.15, 0.2) is 6.33 Å². The second-order valence-electron chi connectivity index (χ2n) is 6.31. The molecular formula is C15H26FN6OP. The number of aromatic nitrogens is 4. The number of nitrogens with zero attached hydrogens (tertiary/aromatic N) is 4. The molecule has 1 atom stereocenters. The first-order chi connectivity index (χ1) is 11.3. The van der Waals surface area contributed by atoms with E-state index in [9.17, 15) is 4.39 Å². The maximum atomic E-state index is 13.4. The van der Waals surface area contributed by atoms with Crippen LogP contribution in [0.2, 0.25) is 0 Å². The number of hydrogen-bond acceptors (Lipinski definition) is 6. The second-order valence-corrected chi connectivity index (χ2v) is 9.66. The molecule has 2 heterocycles. The van der Waals surface area contributed by atoms with Crippen molar-refractivity contribution in [3.05, 3.63) is 6.33 Å². The van der Waals surface area contributed by atoms with Crippen molar-refractivity contribution in [2.45, 2.75) is 51.7 Å². The first kappa shape index (κ1) is 18.8. The van der Waals surface area contributed by atoms with Crippen molar-refractivity contribution >= 4 is 30.9 Å². The average Bonchev–Trinajstić information content (AvgIpc) is 2.88. The van der Waals surface area contributed by atoms with Crippen LogP contribution in [0.3, 0.4) is 0 Å². The summed E-state index contributed by atoms with van der Waals surface area (Å²) >= 11 is 0. The fraction of sp³-hybridized carbons (Fsp3) is 0.667. The van der Waals surface area contributed by atoms with Crippen molar-refractivity contribution < 1.29 is 9.13 Å². The van der Waals surface area contributed by atoms with E-state index in [0.717, 1.165) is 0 Å². The Morgan fingerprint density at radius 1 is 1.21 bits per heavy atom. The molecule has 0 spiro atoms. The molecule has 2 aromatic heterocycles. The van der Waals surface area contributed by atoms with E-state index < -0.39 is 12.8 Å². The Morgan fingerprint density at radius 3 is 2.46 bits per heavy atom. The first-order valence-corrected chi connectivity index (χ1v) is 9.67. The van der Waals surface area contributed by atoms with Crippen LogP contribution in [0.5, 0.6) is 0 Å². The van der Waals surface area contributed by atoms with Crippen LogP contribution in [0.25, 0.3) is 11.2 Å². The zero-order chi connectivity index (χ0) is 17.9. The van der Waals surface area contributed by atoms with Crippen LogP contribution in [0.4, 0.5) is 16.2 Å². The molecule has 0 aliphatic rings. The lowest BCUT2D eigenvalue weighted by Gasteiger charge is -2.27. The van der Waals surface area contributed by atoms with E-state index in [1.54, 1.807) is 10.9 Å². The van der Waals surface area contributed by atoms with Gasteiger partial charge in [0, 0.05) is 0 Å². The highest BCUT2D eigenvalue weighted by Crippen LogP contribution is 2.45. The van der Waals surface area contributed by atoms with E-state index in [0.29, 0.717) is 35.4 Å². The number of rotatable bonds is 8. The Labute approximate surface area is 142 Å². The van der Waals surface area contributed by atoms with Crippen LogP contribution >= 0.6 is 7.92 Å². The lowest BCUT2D eigenvalue weighted by Crippen LogP contribution is -2.24. The van der Waals surface area contributed by atoms with Gasteiger partial charge in [-0.1, -0.05) is 35.6 Å². The van der Waals surface area contributed by atoms with Crippen molar-refractivity contribution in [2.24, 2.45) is 0 Å². The number of hydrogen-bond donors (Lipinski definition) is 2. The molecule has 4 N–H and O–H groups in total. The molecule has 0 fully saturated rings. The Hall–Kier alpha value is -1.53. The maximum Gasteiger partial charge on any atom is 0.224 e. The number of imidazole rings is 1. The van der Waals surface area contributed by atoms with Gasteiger partial charge in [-0.25, -0.2) is 9.37 Å². The molecular weight excluding hydrogens is 330 g/mol. The first-order valence-electron chi connectivity index (χ1n) is 8.00. The van der Waals surface area contributed by atoms with Gasteiger partial charge in [-0.15, -0.1) is 0 Å². The molecule has 0 amide bonds. The Balaban J connectivity index is 2.10. The highest BCUT2D eigenvalue weighted by molar-refractivity contribution is 7.58. The van der Waals surface area contributed by atoms with Crippen LogP contribution in [-0.2, 0) is 11.3 Å². The van der Waals surface area contributed by atoms with Gasteiger partial charge in [0.2, 0.25) is 5.95 Å². The van der Waals surface area contributed by atoms with E-state index in [2.05, 4.69) is 42.6 Å². The zero-order valence-corrected chi connectivity index (χ0v) is 15.5. The normalized spacial score (nSPS) is 13.5. The topological polar surface area (TPSA) is 105 Å². The summed E-state index contributed by atoms with van der Waals surface area (Å²) in [5, 5.41) is 0. The minimum absolute atomic E-state index is 0.0719. The number of ether oxygens (including phenoxy) is 1. The molecule has 24 heavy (non-hydrogen) atoms. The maximum absolute atomic E-state index is 13.4. The number of halogens is 1. The Kier molecular flexibility index (Phi) is 6.29.